The van der Waals surface area contributed by atoms with Crippen LogP contribution in [0.15, 0.2) is 0 Å². The van der Waals surface area contributed by atoms with E-state index in [1.54, 1.807) is 0 Å². The van der Waals surface area contributed by atoms with Crippen molar-refractivity contribution >= 4 is 0 Å². The minimum atomic E-state index is 0.514. The maximum absolute atomic E-state index is 5.14. The van der Waals surface area contributed by atoms with E-state index in [4.69, 9.17) is 6.42 Å². The number of hydrogen-bond acceptors (Lipinski definition) is 1. The Morgan fingerprint density at radius 1 is 1.71 bits per heavy atom. The molecule has 1 atom stereocenters. The van der Waals surface area contributed by atoms with Crippen LogP contribution in [-0.2, 0) is 0 Å². The Bertz CT molecular complexity index is 84.8. The van der Waals surface area contributed by atoms with Crippen LogP contribution in [0.2, 0.25) is 0 Å². The molecule has 0 aliphatic carbocycles. The molecule has 1 aliphatic heterocycles. The molecule has 1 nitrogen and oxygen atoms in total. The van der Waals surface area contributed by atoms with Gasteiger partial charge in [0.2, 0.25) is 0 Å². The van der Waals surface area contributed by atoms with Crippen LogP contribution in [0.1, 0.15) is 6.42 Å². The topological polar surface area (TPSA) is 12.0 Å². The second-order valence-electron chi connectivity index (χ2n) is 1.86. The molecule has 1 aliphatic rings. The van der Waals surface area contributed by atoms with Crippen molar-refractivity contribution in [1.82, 2.24) is 5.32 Å². The first kappa shape index (κ1) is 4.67. The molecule has 1 saturated heterocycles. The molecule has 1 N–H and O–H groups in total. The van der Waals surface area contributed by atoms with E-state index >= 15 is 0 Å². The molecular formula is C6H9N. The van der Waals surface area contributed by atoms with Crippen LogP contribution in [0.3, 0.4) is 0 Å². The molecule has 0 unspecified atom stereocenters. The molecule has 1 fully saturated rings. The van der Waals surface area contributed by atoms with Crippen molar-refractivity contribution in [3.63, 3.8) is 0 Å². The number of nitrogens with one attached hydrogen (secondary N) is 1. The average Bonchev–Trinajstić information content (AvgIpc) is 2.14. The van der Waals surface area contributed by atoms with Crippen LogP contribution in [0.5, 0.6) is 0 Å². The molecule has 38 valence electrons. The van der Waals surface area contributed by atoms with E-state index in [1.165, 1.54) is 0 Å². The fourth-order valence-electron chi connectivity index (χ4n) is 0.797. The maximum atomic E-state index is 5.14. The predicted octanol–water partition coefficient (Wildman–Crippen LogP) is 0.229. The molecular weight excluding hydrogens is 86.1 g/mol. The summed E-state index contributed by atoms with van der Waals surface area (Å²) >= 11 is 0. The summed E-state index contributed by atoms with van der Waals surface area (Å²) in [6.45, 7) is 2.13. The van der Waals surface area contributed by atoms with E-state index in [0.717, 1.165) is 19.5 Å². The third-order valence-corrected chi connectivity index (χ3v) is 1.30. The van der Waals surface area contributed by atoms with Gasteiger partial charge >= 0.3 is 0 Å². The van der Waals surface area contributed by atoms with Crippen molar-refractivity contribution in [3.8, 4) is 12.3 Å². The summed E-state index contributed by atoms with van der Waals surface area (Å²) in [5.41, 5.74) is 0. The average molecular weight is 95.1 g/mol. The molecule has 1 heteroatoms. The van der Waals surface area contributed by atoms with E-state index in [2.05, 4.69) is 11.2 Å². The van der Waals surface area contributed by atoms with Gasteiger partial charge in [-0.25, -0.2) is 0 Å². The van der Waals surface area contributed by atoms with Crippen LogP contribution in [0.25, 0.3) is 0 Å². The Morgan fingerprint density at radius 3 is 2.86 bits per heavy atom. The molecule has 0 aromatic rings. The molecule has 0 bridgehead atoms. The Hall–Kier alpha value is -0.480. The summed E-state index contributed by atoms with van der Waals surface area (Å²) in [7, 11) is 0. The zero-order valence-corrected chi connectivity index (χ0v) is 4.28. The van der Waals surface area contributed by atoms with Gasteiger partial charge in [-0.05, 0) is 13.0 Å². The lowest BCUT2D eigenvalue weighted by atomic mass is 10.1. The number of terminal acetylenes is 1. The van der Waals surface area contributed by atoms with Gasteiger partial charge in [0.25, 0.3) is 0 Å². The molecule has 0 spiro atoms. The molecule has 0 amide bonds. The van der Waals surface area contributed by atoms with E-state index in [0.29, 0.717) is 5.92 Å². The Balaban J connectivity index is 2.31. The van der Waals surface area contributed by atoms with Crippen molar-refractivity contribution in [3.05, 3.63) is 0 Å². The highest BCUT2D eigenvalue weighted by Gasteiger charge is 2.09. The van der Waals surface area contributed by atoms with Gasteiger partial charge in [-0.2, -0.15) is 0 Å². The lowest BCUT2D eigenvalue weighted by molar-refractivity contribution is 0.756. The quantitative estimate of drug-likeness (QED) is 0.425. The molecule has 7 heavy (non-hydrogen) atoms. The van der Waals surface area contributed by atoms with Crippen LogP contribution in [-0.4, -0.2) is 13.1 Å². The minimum Gasteiger partial charge on any atom is -0.315 e. The lowest BCUT2D eigenvalue weighted by Crippen LogP contribution is -2.07. The van der Waals surface area contributed by atoms with E-state index < -0.39 is 0 Å². The summed E-state index contributed by atoms with van der Waals surface area (Å²) in [4.78, 5) is 0. The fourth-order valence-corrected chi connectivity index (χ4v) is 0.797. The van der Waals surface area contributed by atoms with Gasteiger partial charge in [0.05, 0.1) is 0 Å². The number of rotatable bonds is 0. The van der Waals surface area contributed by atoms with Crippen LogP contribution >= 0.6 is 0 Å². The highest BCUT2D eigenvalue weighted by atomic mass is 14.9. The maximum Gasteiger partial charge on any atom is 0.0337 e. The first-order valence-electron chi connectivity index (χ1n) is 2.60. The SMILES string of the molecule is C#C[C@H]1CCNC1. The Labute approximate surface area is 44.1 Å². The van der Waals surface area contributed by atoms with Crippen LogP contribution in [0.4, 0.5) is 0 Å². The van der Waals surface area contributed by atoms with E-state index in [-0.39, 0.29) is 0 Å². The first-order valence-corrected chi connectivity index (χ1v) is 2.60. The molecule has 0 radical (unpaired) electrons. The lowest BCUT2D eigenvalue weighted by Gasteiger charge is -1.90. The van der Waals surface area contributed by atoms with Crippen molar-refractivity contribution in [1.29, 1.82) is 0 Å². The molecule has 1 heterocycles. The smallest absolute Gasteiger partial charge is 0.0337 e. The predicted molar refractivity (Wildman–Crippen MR) is 29.8 cm³/mol. The molecule has 0 aromatic heterocycles. The monoisotopic (exact) mass is 95.1 g/mol. The largest absolute Gasteiger partial charge is 0.315 e. The van der Waals surface area contributed by atoms with Crippen molar-refractivity contribution in [2.75, 3.05) is 13.1 Å². The van der Waals surface area contributed by atoms with Crippen LogP contribution < -0.4 is 5.32 Å². The summed E-state index contributed by atoms with van der Waals surface area (Å²) in [5, 5.41) is 3.18. The zero-order valence-electron chi connectivity index (χ0n) is 4.28. The van der Waals surface area contributed by atoms with Gasteiger partial charge < -0.3 is 5.32 Å². The third-order valence-electron chi connectivity index (χ3n) is 1.30. The normalized spacial score (nSPS) is 29.9. The van der Waals surface area contributed by atoms with Gasteiger partial charge in [-0.1, -0.05) is 0 Å². The third kappa shape index (κ3) is 0.942. The molecule has 1 rings (SSSR count). The van der Waals surface area contributed by atoms with Gasteiger partial charge in [-0.15, -0.1) is 12.3 Å². The number of hydrogen-bond donors (Lipinski definition) is 1. The van der Waals surface area contributed by atoms with Gasteiger partial charge in [-0.3, -0.25) is 0 Å². The van der Waals surface area contributed by atoms with E-state index in [1.807, 2.05) is 0 Å². The summed E-state index contributed by atoms with van der Waals surface area (Å²) in [6.07, 6.45) is 6.31. The van der Waals surface area contributed by atoms with Gasteiger partial charge in [0.15, 0.2) is 0 Å². The van der Waals surface area contributed by atoms with E-state index in [9.17, 15) is 0 Å². The summed E-state index contributed by atoms with van der Waals surface area (Å²) < 4.78 is 0. The van der Waals surface area contributed by atoms with Gasteiger partial charge in [0.1, 0.15) is 0 Å². The molecule has 0 aromatic carbocycles. The summed E-state index contributed by atoms with van der Waals surface area (Å²) in [5.74, 6) is 3.22. The Kier molecular flexibility index (Phi) is 1.33. The van der Waals surface area contributed by atoms with Crippen LogP contribution in [0, 0.1) is 18.3 Å². The highest BCUT2D eigenvalue weighted by Crippen LogP contribution is 2.03. The Morgan fingerprint density at radius 2 is 2.57 bits per heavy atom. The second kappa shape index (κ2) is 1.99. The minimum absolute atomic E-state index is 0.514. The fraction of sp³-hybridized carbons (Fsp3) is 0.667. The summed E-state index contributed by atoms with van der Waals surface area (Å²) in [6, 6.07) is 0. The standard InChI is InChI=1S/C6H9N/c1-2-6-3-4-7-5-6/h1,6-7H,3-5H2/t6-/m0/s1. The zero-order chi connectivity index (χ0) is 5.11. The van der Waals surface area contributed by atoms with Crippen molar-refractivity contribution in [2.24, 2.45) is 5.92 Å². The van der Waals surface area contributed by atoms with Crippen molar-refractivity contribution < 1.29 is 0 Å². The van der Waals surface area contributed by atoms with Gasteiger partial charge in [0, 0.05) is 12.5 Å². The highest BCUT2D eigenvalue weighted by molar-refractivity contribution is 4.96. The van der Waals surface area contributed by atoms with Crippen molar-refractivity contribution in [2.45, 2.75) is 6.42 Å². The first-order chi connectivity index (χ1) is 3.43. The molecule has 0 saturated carbocycles. The second-order valence-corrected chi connectivity index (χ2v) is 1.86.